The zero-order chi connectivity index (χ0) is 22.2. The molecule has 1 saturated heterocycles. The van der Waals surface area contributed by atoms with Crippen molar-refractivity contribution in [2.75, 3.05) is 36.5 Å². The van der Waals surface area contributed by atoms with Crippen molar-refractivity contribution in [3.05, 3.63) is 66.5 Å². The molecule has 0 aliphatic carbocycles. The van der Waals surface area contributed by atoms with Crippen molar-refractivity contribution in [1.82, 2.24) is 20.2 Å². The monoisotopic (exact) mass is 440 g/mol. The molecule has 3 aromatic heterocycles. The smallest absolute Gasteiger partial charge is 0.298 e. The summed E-state index contributed by atoms with van der Waals surface area (Å²) in [6, 6.07) is 17.3. The lowest BCUT2D eigenvalue weighted by Gasteiger charge is -2.24. The van der Waals surface area contributed by atoms with Crippen LogP contribution in [-0.2, 0) is 4.74 Å². The van der Waals surface area contributed by atoms with E-state index in [0.717, 1.165) is 35.1 Å². The lowest BCUT2D eigenvalue weighted by Crippen LogP contribution is -2.36. The van der Waals surface area contributed by atoms with Gasteiger partial charge in [0.25, 0.3) is 11.9 Å². The lowest BCUT2D eigenvalue weighted by atomic mass is 10.1. The van der Waals surface area contributed by atoms with Crippen molar-refractivity contribution < 1.29 is 13.9 Å². The molecule has 9 heteroatoms. The number of anilines is 2. The number of amides is 1. The molecule has 2 aromatic carbocycles. The first-order chi connectivity index (χ1) is 16.2. The van der Waals surface area contributed by atoms with Gasteiger partial charge in [-0.3, -0.25) is 9.89 Å². The predicted molar refractivity (Wildman–Crippen MR) is 124 cm³/mol. The number of hydrogen-bond donors (Lipinski definition) is 2. The van der Waals surface area contributed by atoms with Crippen molar-refractivity contribution in [3.63, 3.8) is 0 Å². The zero-order valence-electron chi connectivity index (χ0n) is 17.6. The summed E-state index contributed by atoms with van der Waals surface area (Å²) in [6.45, 7) is 2.79. The molecular formula is C24H20N6O3. The van der Waals surface area contributed by atoms with Crippen molar-refractivity contribution in [3.8, 4) is 11.3 Å². The van der Waals surface area contributed by atoms with Crippen LogP contribution in [-0.4, -0.2) is 52.4 Å². The van der Waals surface area contributed by atoms with E-state index < -0.39 is 0 Å². The number of aromatic nitrogens is 4. The van der Waals surface area contributed by atoms with Crippen molar-refractivity contribution in [1.29, 1.82) is 0 Å². The van der Waals surface area contributed by atoms with Gasteiger partial charge in [0.2, 0.25) is 0 Å². The van der Waals surface area contributed by atoms with E-state index in [1.807, 2.05) is 42.5 Å². The van der Waals surface area contributed by atoms with Crippen LogP contribution in [0.25, 0.3) is 33.3 Å². The Bertz CT molecular complexity index is 1470. The van der Waals surface area contributed by atoms with Crippen LogP contribution in [0.3, 0.4) is 0 Å². The lowest BCUT2D eigenvalue weighted by molar-refractivity contribution is 0.102. The molecule has 0 bridgehead atoms. The Labute approximate surface area is 188 Å². The second kappa shape index (κ2) is 8.03. The molecule has 4 heterocycles. The fourth-order valence-electron chi connectivity index (χ4n) is 3.90. The first kappa shape index (κ1) is 19.4. The highest BCUT2D eigenvalue weighted by Gasteiger charge is 2.18. The maximum absolute atomic E-state index is 12.9. The summed E-state index contributed by atoms with van der Waals surface area (Å²) >= 11 is 0. The SMILES string of the molecule is O=C(Nc1ccc2nc(N3CCOCC3)oc2c1)c1cccc(-c2ccc3[nH]ncc3c2)n1. The van der Waals surface area contributed by atoms with E-state index in [0.29, 0.717) is 41.9 Å². The number of carbonyl (C=O) groups excluding carboxylic acids is 1. The molecule has 6 rings (SSSR count). The van der Waals surface area contributed by atoms with Crippen LogP contribution in [0.2, 0.25) is 0 Å². The Morgan fingerprint density at radius 3 is 2.85 bits per heavy atom. The Kier molecular flexibility index (Phi) is 4.73. The summed E-state index contributed by atoms with van der Waals surface area (Å²) in [7, 11) is 0. The van der Waals surface area contributed by atoms with Gasteiger partial charge in [-0.2, -0.15) is 10.1 Å². The molecular weight excluding hydrogens is 420 g/mol. The number of H-pyrrole nitrogens is 1. The van der Waals surface area contributed by atoms with Crippen molar-refractivity contribution >= 4 is 39.6 Å². The van der Waals surface area contributed by atoms with Crippen LogP contribution < -0.4 is 10.2 Å². The van der Waals surface area contributed by atoms with Gasteiger partial charge < -0.3 is 19.4 Å². The molecule has 1 amide bonds. The van der Waals surface area contributed by atoms with Crippen LogP contribution in [0.1, 0.15) is 10.5 Å². The number of morpholine rings is 1. The Balaban J connectivity index is 1.23. The number of fused-ring (bicyclic) bond motifs is 2. The quantitative estimate of drug-likeness (QED) is 0.437. The maximum atomic E-state index is 12.9. The van der Waals surface area contributed by atoms with E-state index in [1.54, 1.807) is 18.3 Å². The molecule has 33 heavy (non-hydrogen) atoms. The molecule has 0 unspecified atom stereocenters. The fraction of sp³-hybridized carbons (Fsp3) is 0.167. The summed E-state index contributed by atoms with van der Waals surface area (Å²) in [5, 5.41) is 10.9. The van der Waals surface area contributed by atoms with Gasteiger partial charge in [-0.05, 0) is 36.4 Å². The fourth-order valence-corrected chi connectivity index (χ4v) is 3.90. The number of benzene rings is 2. The van der Waals surface area contributed by atoms with E-state index in [2.05, 4.69) is 30.4 Å². The highest BCUT2D eigenvalue weighted by Crippen LogP contribution is 2.26. The van der Waals surface area contributed by atoms with Crippen molar-refractivity contribution in [2.24, 2.45) is 0 Å². The zero-order valence-corrected chi connectivity index (χ0v) is 17.6. The molecule has 1 aliphatic heterocycles. The average molecular weight is 440 g/mol. The molecule has 9 nitrogen and oxygen atoms in total. The highest BCUT2D eigenvalue weighted by molar-refractivity contribution is 6.04. The van der Waals surface area contributed by atoms with Crippen LogP contribution >= 0.6 is 0 Å². The first-order valence-corrected chi connectivity index (χ1v) is 10.7. The normalized spacial score (nSPS) is 14.1. The number of ether oxygens (including phenoxy) is 1. The van der Waals surface area contributed by atoms with E-state index >= 15 is 0 Å². The second-order valence-corrected chi connectivity index (χ2v) is 7.81. The van der Waals surface area contributed by atoms with Gasteiger partial charge in [-0.1, -0.05) is 12.1 Å². The summed E-state index contributed by atoms with van der Waals surface area (Å²) < 4.78 is 11.3. The minimum atomic E-state index is -0.298. The summed E-state index contributed by atoms with van der Waals surface area (Å²) in [5.74, 6) is -0.298. The highest BCUT2D eigenvalue weighted by atomic mass is 16.5. The van der Waals surface area contributed by atoms with Gasteiger partial charge >= 0.3 is 0 Å². The van der Waals surface area contributed by atoms with Gasteiger partial charge in [0, 0.05) is 35.8 Å². The number of oxazole rings is 1. The topological polar surface area (TPSA) is 109 Å². The number of nitrogens with one attached hydrogen (secondary N) is 2. The van der Waals surface area contributed by atoms with Crippen LogP contribution in [0, 0.1) is 0 Å². The van der Waals surface area contributed by atoms with E-state index in [9.17, 15) is 4.79 Å². The van der Waals surface area contributed by atoms with Crippen molar-refractivity contribution in [2.45, 2.75) is 0 Å². The molecule has 0 spiro atoms. The molecule has 5 aromatic rings. The largest absolute Gasteiger partial charge is 0.423 e. The number of carbonyl (C=O) groups is 1. The van der Waals surface area contributed by atoms with Gasteiger partial charge in [0.1, 0.15) is 11.2 Å². The molecule has 164 valence electrons. The maximum Gasteiger partial charge on any atom is 0.298 e. The summed E-state index contributed by atoms with van der Waals surface area (Å²) in [5.41, 5.74) is 4.88. The minimum Gasteiger partial charge on any atom is -0.423 e. The number of aromatic amines is 1. The van der Waals surface area contributed by atoms with Gasteiger partial charge in [0.15, 0.2) is 5.58 Å². The minimum absolute atomic E-state index is 0.298. The first-order valence-electron chi connectivity index (χ1n) is 10.7. The molecule has 1 aliphatic rings. The van der Waals surface area contributed by atoms with Crippen LogP contribution in [0.15, 0.2) is 65.2 Å². The average Bonchev–Trinajstić information content (AvgIpc) is 3.51. The third-order valence-corrected chi connectivity index (χ3v) is 5.63. The molecule has 0 saturated carbocycles. The van der Waals surface area contributed by atoms with Crippen LogP contribution in [0.5, 0.6) is 0 Å². The molecule has 0 radical (unpaired) electrons. The molecule has 1 fully saturated rings. The standard InChI is InChI=1S/C24H20N6O3/c31-23(21-3-1-2-18(27-21)15-4-6-19-16(12-15)14-25-29-19)26-17-5-7-20-22(13-17)33-24(28-20)30-8-10-32-11-9-30/h1-7,12-14H,8-11H2,(H,25,29)(H,26,31). The Morgan fingerprint density at radius 2 is 1.94 bits per heavy atom. The number of hydrogen-bond acceptors (Lipinski definition) is 7. The predicted octanol–water partition coefficient (Wildman–Crippen LogP) is 3.86. The third kappa shape index (κ3) is 3.79. The Hall–Kier alpha value is -4.24. The van der Waals surface area contributed by atoms with Gasteiger partial charge in [0.05, 0.1) is 30.6 Å². The molecule has 0 atom stereocenters. The number of rotatable bonds is 4. The Morgan fingerprint density at radius 1 is 1.03 bits per heavy atom. The number of nitrogens with zero attached hydrogens (tertiary/aromatic N) is 4. The van der Waals surface area contributed by atoms with E-state index in [-0.39, 0.29) is 5.91 Å². The van der Waals surface area contributed by atoms with E-state index in [4.69, 9.17) is 9.15 Å². The van der Waals surface area contributed by atoms with Crippen LogP contribution in [0.4, 0.5) is 11.7 Å². The number of pyridine rings is 1. The third-order valence-electron chi connectivity index (χ3n) is 5.63. The van der Waals surface area contributed by atoms with E-state index in [1.165, 1.54) is 0 Å². The summed E-state index contributed by atoms with van der Waals surface area (Å²) in [4.78, 5) is 24.1. The molecule has 2 N–H and O–H groups in total. The van der Waals surface area contributed by atoms with Gasteiger partial charge in [-0.15, -0.1) is 0 Å². The summed E-state index contributed by atoms with van der Waals surface area (Å²) in [6.07, 6.45) is 1.76. The second-order valence-electron chi connectivity index (χ2n) is 7.81. The van der Waals surface area contributed by atoms with Gasteiger partial charge in [-0.25, -0.2) is 4.98 Å².